The average molecular weight is 267 g/mol. The van der Waals surface area contributed by atoms with Crippen LogP contribution in [0.2, 0.25) is 0 Å². The summed E-state index contributed by atoms with van der Waals surface area (Å²) in [7, 11) is 0. The molecule has 2 heterocycles. The highest BCUT2D eigenvalue weighted by atomic mass is 32.1. The predicted octanol–water partition coefficient (Wildman–Crippen LogP) is 2.14. The fraction of sp³-hybridized carbons (Fsp3) is 0.692. The van der Waals surface area contributed by atoms with Crippen LogP contribution in [0.25, 0.3) is 0 Å². The summed E-state index contributed by atoms with van der Waals surface area (Å²) >= 11 is 1.42. The van der Waals surface area contributed by atoms with Gasteiger partial charge in [-0.2, -0.15) is 0 Å². The Labute approximate surface area is 112 Å². The Balaban J connectivity index is 1.96. The maximum Gasteiger partial charge on any atom is 0.265 e. The van der Waals surface area contributed by atoms with Crippen LogP contribution in [0.15, 0.2) is 11.7 Å². The molecule has 1 amide bonds. The summed E-state index contributed by atoms with van der Waals surface area (Å²) in [6.07, 6.45) is 6.37. The molecular formula is C13H21N3OS. The molecule has 0 aromatic carbocycles. The molecule has 5 heteroatoms. The Morgan fingerprint density at radius 2 is 2.50 bits per heavy atom. The zero-order valence-electron chi connectivity index (χ0n) is 10.9. The lowest BCUT2D eigenvalue weighted by atomic mass is 10.0. The highest BCUT2D eigenvalue weighted by Crippen LogP contribution is 2.13. The van der Waals surface area contributed by atoms with E-state index >= 15 is 0 Å². The molecule has 1 fully saturated rings. The van der Waals surface area contributed by atoms with Crippen molar-refractivity contribution in [1.82, 2.24) is 15.2 Å². The summed E-state index contributed by atoms with van der Waals surface area (Å²) < 4.78 is 0. The number of carbonyl (C=O) groups excluding carboxylic acids is 1. The van der Waals surface area contributed by atoms with E-state index in [0.717, 1.165) is 30.9 Å². The van der Waals surface area contributed by atoms with E-state index in [1.807, 2.05) is 4.90 Å². The molecule has 0 spiro atoms. The van der Waals surface area contributed by atoms with E-state index in [0.29, 0.717) is 6.04 Å². The van der Waals surface area contributed by atoms with E-state index in [1.54, 1.807) is 11.7 Å². The number of nitrogens with zero attached hydrogens (tertiary/aromatic N) is 2. The predicted molar refractivity (Wildman–Crippen MR) is 74.0 cm³/mol. The van der Waals surface area contributed by atoms with Crippen LogP contribution in [0.4, 0.5) is 0 Å². The molecule has 18 heavy (non-hydrogen) atoms. The minimum absolute atomic E-state index is 0.131. The van der Waals surface area contributed by atoms with Gasteiger partial charge in [0, 0.05) is 19.1 Å². The summed E-state index contributed by atoms with van der Waals surface area (Å²) in [4.78, 5) is 19.0. The van der Waals surface area contributed by atoms with Crippen LogP contribution in [0.3, 0.4) is 0 Å². The Morgan fingerprint density at radius 1 is 1.61 bits per heavy atom. The van der Waals surface area contributed by atoms with Gasteiger partial charge in [-0.3, -0.25) is 9.78 Å². The first-order chi connectivity index (χ1) is 8.81. The molecule has 1 atom stereocenters. The van der Waals surface area contributed by atoms with Gasteiger partial charge in [-0.1, -0.05) is 13.3 Å². The van der Waals surface area contributed by atoms with Gasteiger partial charge in [0.15, 0.2) is 0 Å². The molecule has 4 nitrogen and oxygen atoms in total. The van der Waals surface area contributed by atoms with Crippen molar-refractivity contribution in [3.8, 4) is 0 Å². The Morgan fingerprint density at radius 3 is 3.11 bits per heavy atom. The van der Waals surface area contributed by atoms with Crippen molar-refractivity contribution in [1.29, 1.82) is 0 Å². The first-order valence-electron chi connectivity index (χ1n) is 6.72. The minimum Gasteiger partial charge on any atom is -0.336 e. The molecule has 1 aromatic heterocycles. The number of carbonyl (C=O) groups is 1. The zero-order valence-corrected chi connectivity index (χ0v) is 11.7. The normalized spacial score (nSPS) is 19.7. The van der Waals surface area contributed by atoms with Gasteiger partial charge in [0.05, 0.1) is 11.7 Å². The first-order valence-corrected chi connectivity index (χ1v) is 7.60. The van der Waals surface area contributed by atoms with Crippen molar-refractivity contribution in [2.24, 2.45) is 0 Å². The van der Waals surface area contributed by atoms with E-state index in [9.17, 15) is 4.79 Å². The SMILES string of the molecule is CCCN(CC1CCCCN1)C(=O)c1cncs1. The third-order valence-electron chi connectivity index (χ3n) is 3.28. The van der Waals surface area contributed by atoms with E-state index in [4.69, 9.17) is 0 Å². The van der Waals surface area contributed by atoms with Gasteiger partial charge < -0.3 is 10.2 Å². The molecule has 1 N–H and O–H groups in total. The van der Waals surface area contributed by atoms with Gasteiger partial charge in [-0.25, -0.2) is 0 Å². The fourth-order valence-electron chi connectivity index (χ4n) is 2.37. The van der Waals surface area contributed by atoms with E-state index in [2.05, 4.69) is 17.2 Å². The largest absolute Gasteiger partial charge is 0.336 e. The lowest BCUT2D eigenvalue weighted by molar-refractivity contribution is 0.0736. The molecule has 1 aliphatic rings. The summed E-state index contributed by atoms with van der Waals surface area (Å²) in [5.74, 6) is 0.131. The molecule has 1 aromatic rings. The van der Waals surface area contributed by atoms with Gasteiger partial charge in [-0.05, 0) is 25.8 Å². The lowest BCUT2D eigenvalue weighted by Gasteiger charge is -2.30. The number of hydrogen-bond donors (Lipinski definition) is 1. The van der Waals surface area contributed by atoms with Gasteiger partial charge in [0.1, 0.15) is 4.88 Å². The van der Waals surface area contributed by atoms with E-state index < -0.39 is 0 Å². The maximum atomic E-state index is 12.3. The van der Waals surface area contributed by atoms with Crippen molar-refractivity contribution in [2.45, 2.75) is 38.6 Å². The minimum atomic E-state index is 0.131. The van der Waals surface area contributed by atoms with Crippen LogP contribution >= 0.6 is 11.3 Å². The van der Waals surface area contributed by atoms with Crippen molar-refractivity contribution >= 4 is 17.2 Å². The molecule has 1 saturated heterocycles. The summed E-state index contributed by atoms with van der Waals surface area (Å²) in [5, 5.41) is 3.50. The topological polar surface area (TPSA) is 45.2 Å². The van der Waals surface area contributed by atoms with Gasteiger partial charge in [-0.15, -0.1) is 11.3 Å². The summed E-state index contributed by atoms with van der Waals surface area (Å²) in [6, 6.07) is 0.460. The lowest BCUT2D eigenvalue weighted by Crippen LogP contribution is -2.45. The molecule has 0 radical (unpaired) electrons. The van der Waals surface area contributed by atoms with Crippen LogP contribution in [0, 0.1) is 0 Å². The van der Waals surface area contributed by atoms with Crippen molar-refractivity contribution < 1.29 is 4.79 Å². The monoisotopic (exact) mass is 267 g/mol. The second-order valence-electron chi connectivity index (χ2n) is 4.76. The number of hydrogen-bond acceptors (Lipinski definition) is 4. The number of amides is 1. The third-order valence-corrected chi connectivity index (χ3v) is 4.04. The standard InChI is InChI=1S/C13H21N3OS/c1-2-7-16(9-11-5-3-4-6-15-11)13(17)12-8-14-10-18-12/h8,10-11,15H,2-7,9H2,1H3. The molecule has 0 bridgehead atoms. The first kappa shape index (κ1) is 13.5. The van der Waals surface area contributed by atoms with Crippen molar-refractivity contribution in [3.63, 3.8) is 0 Å². The van der Waals surface area contributed by atoms with Crippen molar-refractivity contribution in [2.75, 3.05) is 19.6 Å². The number of piperidine rings is 1. The second-order valence-corrected chi connectivity index (χ2v) is 5.65. The quantitative estimate of drug-likeness (QED) is 0.889. The Kier molecular flexibility index (Phi) is 5.13. The van der Waals surface area contributed by atoms with Crippen LogP contribution in [-0.2, 0) is 0 Å². The van der Waals surface area contributed by atoms with E-state index in [1.165, 1.54) is 30.6 Å². The highest BCUT2D eigenvalue weighted by Gasteiger charge is 2.21. The molecular weight excluding hydrogens is 246 g/mol. The molecule has 0 aliphatic carbocycles. The molecule has 0 saturated carbocycles. The Hall–Kier alpha value is -0.940. The van der Waals surface area contributed by atoms with Gasteiger partial charge >= 0.3 is 0 Å². The van der Waals surface area contributed by atoms with Gasteiger partial charge in [0.2, 0.25) is 0 Å². The van der Waals surface area contributed by atoms with Crippen LogP contribution in [0.5, 0.6) is 0 Å². The molecule has 1 unspecified atom stereocenters. The second kappa shape index (κ2) is 6.85. The zero-order chi connectivity index (χ0) is 12.8. The average Bonchev–Trinajstić information content (AvgIpc) is 2.92. The maximum absolute atomic E-state index is 12.3. The third kappa shape index (κ3) is 3.53. The van der Waals surface area contributed by atoms with E-state index in [-0.39, 0.29) is 5.91 Å². The highest BCUT2D eigenvalue weighted by molar-refractivity contribution is 7.11. The number of rotatable bonds is 5. The number of aromatic nitrogens is 1. The van der Waals surface area contributed by atoms with Crippen LogP contribution in [0.1, 0.15) is 42.3 Å². The van der Waals surface area contributed by atoms with Crippen LogP contribution in [-0.4, -0.2) is 41.5 Å². The molecule has 100 valence electrons. The molecule has 2 rings (SSSR count). The van der Waals surface area contributed by atoms with Crippen LogP contribution < -0.4 is 5.32 Å². The van der Waals surface area contributed by atoms with Crippen molar-refractivity contribution in [3.05, 3.63) is 16.6 Å². The smallest absolute Gasteiger partial charge is 0.265 e. The Bertz CT molecular complexity index is 360. The summed E-state index contributed by atoms with van der Waals surface area (Å²) in [5.41, 5.74) is 1.72. The number of nitrogens with one attached hydrogen (secondary N) is 1. The summed E-state index contributed by atoms with van der Waals surface area (Å²) in [6.45, 7) is 4.85. The number of thiazole rings is 1. The van der Waals surface area contributed by atoms with Gasteiger partial charge in [0.25, 0.3) is 5.91 Å². The fourth-order valence-corrected chi connectivity index (χ4v) is 2.96. The molecule has 1 aliphatic heterocycles.